The predicted molar refractivity (Wildman–Crippen MR) is 47.4 cm³/mol. The minimum Gasteiger partial charge on any atom is -0.392 e. The standard InChI is InChI=1S/C10H18O/c1-3-9-5-4-6-10(7-11)8(9)2/h9,11H,3-7H2,1-2H3/t9-/m1/s1. The van der Waals surface area contributed by atoms with E-state index in [9.17, 15) is 0 Å². The highest BCUT2D eigenvalue weighted by Crippen LogP contribution is 2.31. The predicted octanol–water partition coefficient (Wildman–Crippen LogP) is 2.51. The van der Waals surface area contributed by atoms with Gasteiger partial charge in [-0.15, -0.1) is 0 Å². The maximum atomic E-state index is 9.02. The number of rotatable bonds is 2. The van der Waals surface area contributed by atoms with Gasteiger partial charge in [0.05, 0.1) is 6.61 Å². The van der Waals surface area contributed by atoms with Gasteiger partial charge in [0.15, 0.2) is 0 Å². The summed E-state index contributed by atoms with van der Waals surface area (Å²) in [7, 11) is 0. The maximum Gasteiger partial charge on any atom is 0.0644 e. The highest BCUT2D eigenvalue weighted by atomic mass is 16.3. The summed E-state index contributed by atoms with van der Waals surface area (Å²) in [6.07, 6.45) is 4.95. The Morgan fingerprint density at radius 1 is 1.55 bits per heavy atom. The monoisotopic (exact) mass is 154 g/mol. The molecule has 1 aliphatic rings. The molecule has 1 N–H and O–H groups in total. The van der Waals surface area contributed by atoms with E-state index < -0.39 is 0 Å². The normalized spacial score (nSPS) is 25.9. The second kappa shape index (κ2) is 3.91. The van der Waals surface area contributed by atoms with Crippen molar-refractivity contribution in [2.45, 2.75) is 39.5 Å². The van der Waals surface area contributed by atoms with E-state index in [1.807, 2.05) is 0 Å². The van der Waals surface area contributed by atoms with Crippen LogP contribution in [0.1, 0.15) is 39.5 Å². The van der Waals surface area contributed by atoms with Crippen molar-refractivity contribution >= 4 is 0 Å². The molecular weight excluding hydrogens is 136 g/mol. The molecule has 1 atom stereocenters. The molecule has 1 aliphatic carbocycles. The van der Waals surface area contributed by atoms with Crippen molar-refractivity contribution in [1.82, 2.24) is 0 Å². The first-order chi connectivity index (χ1) is 5.29. The average molecular weight is 154 g/mol. The molecule has 1 heteroatoms. The second-order valence-electron chi connectivity index (χ2n) is 3.44. The van der Waals surface area contributed by atoms with Crippen LogP contribution in [-0.2, 0) is 0 Å². The molecule has 0 heterocycles. The van der Waals surface area contributed by atoms with Crippen molar-refractivity contribution in [2.24, 2.45) is 5.92 Å². The molecule has 0 unspecified atom stereocenters. The van der Waals surface area contributed by atoms with Gasteiger partial charge >= 0.3 is 0 Å². The molecule has 0 aromatic heterocycles. The van der Waals surface area contributed by atoms with E-state index in [2.05, 4.69) is 13.8 Å². The van der Waals surface area contributed by atoms with Gasteiger partial charge in [-0.05, 0) is 44.1 Å². The topological polar surface area (TPSA) is 20.2 Å². The van der Waals surface area contributed by atoms with Crippen molar-refractivity contribution in [3.05, 3.63) is 11.1 Å². The molecule has 0 spiro atoms. The molecule has 0 bridgehead atoms. The van der Waals surface area contributed by atoms with Gasteiger partial charge < -0.3 is 5.11 Å². The Kier molecular flexibility index (Phi) is 3.13. The van der Waals surface area contributed by atoms with E-state index >= 15 is 0 Å². The molecule has 11 heavy (non-hydrogen) atoms. The molecule has 0 amide bonds. The number of hydrogen-bond donors (Lipinski definition) is 1. The SMILES string of the molecule is CC[C@@H]1CCCC(CO)=C1C. The van der Waals surface area contributed by atoms with Crippen molar-refractivity contribution < 1.29 is 5.11 Å². The van der Waals surface area contributed by atoms with E-state index in [4.69, 9.17) is 5.11 Å². The first-order valence-corrected chi connectivity index (χ1v) is 4.59. The zero-order chi connectivity index (χ0) is 8.27. The van der Waals surface area contributed by atoms with E-state index in [1.165, 1.54) is 30.4 Å². The summed E-state index contributed by atoms with van der Waals surface area (Å²) < 4.78 is 0. The van der Waals surface area contributed by atoms with E-state index in [-0.39, 0.29) is 6.61 Å². The Morgan fingerprint density at radius 2 is 2.27 bits per heavy atom. The van der Waals surface area contributed by atoms with Crippen molar-refractivity contribution in [1.29, 1.82) is 0 Å². The molecule has 1 nitrogen and oxygen atoms in total. The fourth-order valence-electron chi connectivity index (χ4n) is 1.98. The third-order valence-corrected chi connectivity index (χ3v) is 2.88. The molecule has 0 aliphatic heterocycles. The van der Waals surface area contributed by atoms with Crippen LogP contribution in [0.3, 0.4) is 0 Å². The van der Waals surface area contributed by atoms with Crippen LogP contribution in [0, 0.1) is 5.92 Å². The summed E-state index contributed by atoms with van der Waals surface area (Å²) in [4.78, 5) is 0. The lowest BCUT2D eigenvalue weighted by Gasteiger charge is -2.24. The molecule has 0 saturated carbocycles. The Labute approximate surface area is 69.1 Å². The van der Waals surface area contributed by atoms with Crippen molar-refractivity contribution in [2.75, 3.05) is 6.61 Å². The summed E-state index contributed by atoms with van der Waals surface area (Å²) >= 11 is 0. The zero-order valence-electron chi connectivity index (χ0n) is 7.56. The van der Waals surface area contributed by atoms with Crippen LogP contribution in [0.5, 0.6) is 0 Å². The van der Waals surface area contributed by atoms with Gasteiger partial charge in [-0.2, -0.15) is 0 Å². The third kappa shape index (κ3) is 1.84. The van der Waals surface area contributed by atoms with Gasteiger partial charge in [-0.3, -0.25) is 0 Å². The smallest absolute Gasteiger partial charge is 0.0644 e. The highest BCUT2D eigenvalue weighted by Gasteiger charge is 2.16. The van der Waals surface area contributed by atoms with Gasteiger partial charge in [0.1, 0.15) is 0 Å². The molecule has 1 rings (SSSR count). The van der Waals surface area contributed by atoms with Crippen LogP contribution in [-0.4, -0.2) is 11.7 Å². The van der Waals surface area contributed by atoms with Crippen LogP contribution >= 0.6 is 0 Å². The van der Waals surface area contributed by atoms with Crippen LogP contribution in [0.25, 0.3) is 0 Å². The van der Waals surface area contributed by atoms with Gasteiger partial charge in [-0.1, -0.05) is 12.5 Å². The summed E-state index contributed by atoms with van der Waals surface area (Å²) in [5.74, 6) is 0.755. The molecule has 0 aromatic carbocycles. The van der Waals surface area contributed by atoms with E-state index in [0.717, 1.165) is 12.3 Å². The zero-order valence-corrected chi connectivity index (χ0v) is 7.56. The van der Waals surface area contributed by atoms with Gasteiger partial charge in [0, 0.05) is 0 Å². The molecular formula is C10H18O. The Bertz CT molecular complexity index is 158. The van der Waals surface area contributed by atoms with Gasteiger partial charge in [-0.25, -0.2) is 0 Å². The fourth-order valence-corrected chi connectivity index (χ4v) is 1.98. The van der Waals surface area contributed by atoms with Crippen LogP contribution in [0.4, 0.5) is 0 Å². The Hall–Kier alpha value is -0.300. The quantitative estimate of drug-likeness (QED) is 0.606. The minimum atomic E-state index is 0.280. The number of aliphatic hydroxyl groups is 1. The van der Waals surface area contributed by atoms with Crippen molar-refractivity contribution in [3.8, 4) is 0 Å². The van der Waals surface area contributed by atoms with Crippen LogP contribution < -0.4 is 0 Å². The second-order valence-corrected chi connectivity index (χ2v) is 3.44. The molecule has 64 valence electrons. The largest absolute Gasteiger partial charge is 0.392 e. The van der Waals surface area contributed by atoms with Gasteiger partial charge in [0.2, 0.25) is 0 Å². The van der Waals surface area contributed by atoms with E-state index in [1.54, 1.807) is 0 Å². The van der Waals surface area contributed by atoms with Crippen LogP contribution in [0.2, 0.25) is 0 Å². The van der Waals surface area contributed by atoms with Crippen molar-refractivity contribution in [3.63, 3.8) is 0 Å². The maximum absolute atomic E-state index is 9.02. The lowest BCUT2D eigenvalue weighted by molar-refractivity contribution is 0.314. The summed E-state index contributed by atoms with van der Waals surface area (Å²) in [6.45, 7) is 4.69. The number of allylic oxidation sites excluding steroid dienone is 1. The first-order valence-electron chi connectivity index (χ1n) is 4.59. The minimum absolute atomic E-state index is 0.280. The summed E-state index contributed by atoms with van der Waals surface area (Å²) in [5.41, 5.74) is 2.75. The van der Waals surface area contributed by atoms with Crippen LogP contribution in [0.15, 0.2) is 11.1 Å². The molecule has 0 radical (unpaired) electrons. The van der Waals surface area contributed by atoms with E-state index in [0.29, 0.717) is 0 Å². The lowest BCUT2D eigenvalue weighted by Crippen LogP contribution is -2.11. The lowest BCUT2D eigenvalue weighted by atomic mass is 9.82. The summed E-state index contributed by atoms with van der Waals surface area (Å²) in [6, 6.07) is 0. The molecule has 0 aromatic rings. The third-order valence-electron chi connectivity index (χ3n) is 2.88. The fraction of sp³-hybridized carbons (Fsp3) is 0.800. The molecule has 0 fully saturated rings. The average Bonchev–Trinajstić information content (AvgIpc) is 2.05. The molecule has 0 saturated heterocycles. The van der Waals surface area contributed by atoms with Gasteiger partial charge in [0.25, 0.3) is 0 Å². The Balaban J connectivity index is 2.71. The number of hydrogen-bond acceptors (Lipinski definition) is 1. The summed E-state index contributed by atoms with van der Waals surface area (Å²) in [5, 5.41) is 9.02. The first kappa shape index (κ1) is 8.79. The highest BCUT2D eigenvalue weighted by molar-refractivity contribution is 5.18. The Morgan fingerprint density at radius 3 is 2.82 bits per heavy atom. The number of aliphatic hydroxyl groups excluding tert-OH is 1.